The number of imidazole rings is 1. The van der Waals surface area contributed by atoms with Crippen LogP contribution in [-0.2, 0) is 26.5 Å². The van der Waals surface area contributed by atoms with E-state index < -0.39 is 0 Å². The third-order valence-electron chi connectivity index (χ3n) is 12.2. The molecule has 306 valence electrons. The number of phenols is 1. The Bertz CT molecular complexity index is 3440. The van der Waals surface area contributed by atoms with Crippen LogP contribution in [0.25, 0.3) is 94.7 Å². The van der Waals surface area contributed by atoms with E-state index in [1.807, 2.05) is 54.7 Å². The first-order valence-electron chi connectivity index (χ1n) is 20.9. The summed E-state index contributed by atoms with van der Waals surface area (Å²) < 4.78 is 8.81. The Labute approximate surface area is 380 Å². The van der Waals surface area contributed by atoms with Crippen molar-refractivity contribution in [1.29, 1.82) is 0 Å². The van der Waals surface area contributed by atoms with E-state index in [1.165, 1.54) is 11.1 Å². The molecule has 0 radical (unpaired) electrons. The molecule has 0 aliphatic carbocycles. The van der Waals surface area contributed by atoms with Crippen LogP contribution >= 0.6 is 0 Å². The summed E-state index contributed by atoms with van der Waals surface area (Å²) in [4.78, 5) is 10.4. The quantitative estimate of drug-likeness (QED) is 0.154. The molecule has 63 heavy (non-hydrogen) atoms. The number of furan rings is 1. The molecular weight excluding hydrogens is 954 g/mol. The summed E-state index contributed by atoms with van der Waals surface area (Å²) >= 11 is 0. The fourth-order valence-corrected chi connectivity index (χ4v) is 8.87. The molecule has 3 heterocycles. The van der Waals surface area contributed by atoms with Crippen molar-refractivity contribution < 1.29 is 30.6 Å². The van der Waals surface area contributed by atoms with Crippen molar-refractivity contribution in [3.63, 3.8) is 0 Å². The molecule has 0 aliphatic rings. The topological polar surface area (TPSA) is 64.1 Å². The largest absolute Gasteiger partial charge is 0.507 e. The van der Waals surface area contributed by atoms with Gasteiger partial charge >= 0.3 is 0 Å². The molecule has 0 saturated heterocycles. The average molecular weight is 994 g/mol. The first-order valence-corrected chi connectivity index (χ1v) is 20.9. The Kier molecular flexibility index (Phi) is 10.2. The van der Waals surface area contributed by atoms with Crippen LogP contribution in [0.15, 0.2) is 205 Å². The molecule has 0 unspecified atom stereocenters. The van der Waals surface area contributed by atoms with Crippen molar-refractivity contribution in [1.82, 2.24) is 14.5 Å². The second kappa shape index (κ2) is 16.2. The number of pyridine rings is 1. The molecule has 1 N–H and O–H groups in total. The van der Waals surface area contributed by atoms with Gasteiger partial charge in [-0.15, -0.1) is 17.7 Å². The summed E-state index contributed by atoms with van der Waals surface area (Å²) in [5.74, 6) is 0.792. The zero-order valence-electron chi connectivity index (χ0n) is 34.6. The van der Waals surface area contributed by atoms with Gasteiger partial charge in [-0.05, 0) is 69.6 Å². The van der Waals surface area contributed by atoms with E-state index in [-0.39, 0.29) is 32.2 Å². The van der Waals surface area contributed by atoms with Crippen molar-refractivity contribution in [3.05, 3.63) is 218 Å². The predicted molar refractivity (Wildman–Crippen MR) is 252 cm³/mol. The fourth-order valence-electron chi connectivity index (χ4n) is 8.87. The summed E-state index contributed by atoms with van der Waals surface area (Å²) in [6.45, 7) is 4.54. The molecular formula is C57H40N3O2Pt-. The number of rotatable bonds is 8. The number of hydrogen-bond donors (Lipinski definition) is 1. The normalized spacial score (nSPS) is 11.6. The summed E-state index contributed by atoms with van der Waals surface area (Å²) in [6.07, 6.45) is 1.87. The minimum atomic E-state index is -0.141. The van der Waals surface area contributed by atoms with Gasteiger partial charge in [0.25, 0.3) is 0 Å². The van der Waals surface area contributed by atoms with Crippen LogP contribution in [0.3, 0.4) is 0 Å². The van der Waals surface area contributed by atoms with Gasteiger partial charge in [0.05, 0.1) is 27.9 Å². The molecule has 0 atom stereocenters. The predicted octanol–water partition coefficient (Wildman–Crippen LogP) is 14.5. The van der Waals surface area contributed by atoms with Crippen LogP contribution in [0.4, 0.5) is 0 Å². The summed E-state index contributed by atoms with van der Waals surface area (Å²) in [6, 6.07) is 70.2. The van der Waals surface area contributed by atoms with E-state index >= 15 is 0 Å². The first-order chi connectivity index (χ1) is 30.4. The van der Waals surface area contributed by atoms with Crippen LogP contribution in [0.1, 0.15) is 25.0 Å². The van der Waals surface area contributed by atoms with Crippen LogP contribution in [0, 0.1) is 6.07 Å². The number of phenolic OH excluding ortho intramolecular Hbond substituents is 1. The number of hydrogen-bond acceptors (Lipinski definition) is 4. The van der Waals surface area contributed by atoms with Gasteiger partial charge in [0, 0.05) is 49.3 Å². The minimum Gasteiger partial charge on any atom is -0.507 e. The van der Waals surface area contributed by atoms with Gasteiger partial charge < -0.3 is 9.52 Å². The van der Waals surface area contributed by atoms with E-state index in [9.17, 15) is 5.11 Å². The molecule has 0 aliphatic heterocycles. The molecule has 0 fully saturated rings. The number of aromatic nitrogens is 3. The Balaban J connectivity index is 0.00000471. The molecule has 11 rings (SSSR count). The van der Waals surface area contributed by atoms with Crippen LogP contribution < -0.4 is 0 Å². The smallest absolute Gasteiger partial charge is 0.148 e. The molecule has 8 aromatic carbocycles. The second-order valence-corrected chi connectivity index (χ2v) is 16.2. The van der Waals surface area contributed by atoms with Gasteiger partial charge in [0.1, 0.15) is 17.2 Å². The number of benzene rings is 8. The maximum atomic E-state index is 11.3. The van der Waals surface area contributed by atoms with E-state index in [2.05, 4.69) is 164 Å². The van der Waals surface area contributed by atoms with Crippen LogP contribution in [0.5, 0.6) is 5.75 Å². The number of fused-ring (bicyclic) bond motifs is 4. The van der Waals surface area contributed by atoms with Gasteiger partial charge in [0.2, 0.25) is 0 Å². The standard InChI is InChI=1S/C57H40N3O2.Pt/c1-57(2,41-18-7-4-8-19-41)42-30-28-37(29-31-42)39-32-33-58-49(36-39)48-35-40(34-47-45-21-11-14-27-53(45)62-55(47)48)44-23-15-25-51-54(44)59-56(46-22-10-13-26-52(46)61)60(51)50-24-12-9-20-43(50)38-16-5-3-6-17-38;/h3-34,36,61H,1-2H3;/q-1;. The SMILES string of the molecule is CC(C)(c1ccccc1)c1ccc(-c2ccnc(-c3[c-]c(-c4cccc5c4nc(-c4ccccc4O)n5-c4ccccc4-c4ccccc4)cc4c3oc3ccccc34)c2)cc1.[Pt]. The second-order valence-electron chi connectivity index (χ2n) is 16.2. The van der Waals surface area contributed by atoms with E-state index in [1.54, 1.807) is 6.07 Å². The Hall–Kier alpha value is -7.33. The molecule has 0 spiro atoms. The zero-order chi connectivity index (χ0) is 41.8. The van der Waals surface area contributed by atoms with E-state index in [0.29, 0.717) is 11.4 Å². The van der Waals surface area contributed by atoms with Gasteiger partial charge in [-0.3, -0.25) is 9.55 Å². The third kappa shape index (κ3) is 6.95. The number of aromatic hydroxyl groups is 1. The maximum absolute atomic E-state index is 11.3. The Morgan fingerprint density at radius 3 is 2.03 bits per heavy atom. The number of para-hydroxylation sites is 4. The molecule has 11 aromatic rings. The fraction of sp³-hybridized carbons (Fsp3) is 0.0526. The molecule has 3 aromatic heterocycles. The van der Waals surface area contributed by atoms with Crippen molar-refractivity contribution >= 4 is 33.0 Å². The molecule has 5 nitrogen and oxygen atoms in total. The van der Waals surface area contributed by atoms with Gasteiger partial charge in [-0.25, -0.2) is 4.98 Å². The minimum absolute atomic E-state index is 0. The monoisotopic (exact) mass is 993 g/mol. The van der Waals surface area contributed by atoms with Crippen molar-refractivity contribution in [2.75, 3.05) is 0 Å². The third-order valence-corrected chi connectivity index (χ3v) is 12.2. The molecule has 0 amide bonds. The van der Waals surface area contributed by atoms with Crippen molar-refractivity contribution in [2.45, 2.75) is 19.3 Å². The van der Waals surface area contributed by atoms with E-state index in [4.69, 9.17) is 14.4 Å². The first kappa shape index (κ1) is 39.8. The summed E-state index contributed by atoms with van der Waals surface area (Å²) in [5, 5.41) is 13.3. The van der Waals surface area contributed by atoms with Crippen LogP contribution in [-0.4, -0.2) is 19.6 Å². The van der Waals surface area contributed by atoms with Gasteiger partial charge in [-0.2, -0.15) is 0 Å². The summed E-state index contributed by atoms with van der Waals surface area (Å²) in [5.41, 5.74) is 14.7. The molecule has 6 heteroatoms. The van der Waals surface area contributed by atoms with Gasteiger partial charge in [-0.1, -0.05) is 177 Å². The van der Waals surface area contributed by atoms with E-state index in [0.717, 1.165) is 83.3 Å². The van der Waals surface area contributed by atoms with Crippen molar-refractivity contribution in [2.24, 2.45) is 0 Å². The van der Waals surface area contributed by atoms with Crippen molar-refractivity contribution in [3.8, 4) is 67.5 Å². The Morgan fingerprint density at radius 1 is 0.571 bits per heavy atom. The van der Waals surface area contributed by atoms with Gasteiger partial charge in [0.15, 0.2) is 0 Å². The summed E-state index contributed by atoms with van der Waals surface area (Å²) in [7, 11) is 0. The maximum Gasteiger partial charge on any atom is 0.148 e. The zero-order valence-corrected chi connectivity index (χ0v) is 36.8. The Morgan fingerprint density at radius 2 is 1.24 bits per heavy atom. The molecule has 0 saturated carbocycles. The van der Waals surface area contributed by atoms with Crippen LogP contribution in [0.2, 0.25) is 0 Å². The average Bonchev–Trinajstić information content (AvgIpc) is 3.91. The molecule has 0 bridgehead atoms. The number of nitrogens with zero attached hydrogens (tertiary/aromatic N) is 3.